The van der Waals surface area contributed by atoms with E-state index in [-0.39, 0.29) is 22.8 Å². The minimum Gasteiger partial charge on any atom is -0.495 e. The summed E-state index contributed by atoms with van der Waals surface area (Å²) in [6.45, 7) is 12.7. The molecule has 1 heterocycles. The van der Waals surface area contributed by atoms with E-state index in [2.05, 4.69) is 33.9 Å². The molecule has 0 saturated carbocycles. The number of halogens is 1. The highest BCUT2D eigenvalue weighted by molar-refractivity contribution is 6.74. The van der Waals surface area contributed by atoms with E-state index in [0.29, 0.717) is 22.0 Å². The van der Waals surface area contributed by atoms with Crippen LogP contribution < -0.4 is 9.64 Å². The summed E-state index contributed by atoms with van der Waals surface area (Å²) in [5, 5.41) is 0.383. The first kappa shape index (κ1) is 24.5. The molecular formula is C25H32ClNO4Si. The number of anilines is 1. The summed E-state index contributed by atoms with van der Waals surface area (Å²) in [5.41, 5.74) is 1.14. The van der Waals surface area contributed by atoms with Gasteiger partial charge in [0.1, 0.15) is 11.8 Å². The predicted molar refractivity (Wildman–Crippen MR) is 131 cm³/mol. The molecule has 3 rings (SSSR count). The standard InChI is InChI=1S/C25H32ClNO4Si/c1-16(31-32(6,7)25(2,3)4)21-22(23(28)17-11-9-8-10-12-17)27(24(21)29)18-13-14-20(30-5)19(26)15-18/h8-16,21-22H,1-7H3/t16-,21-,22+/m1/s1. The Labute approximate surface area is 196 Å². The first-order valence-corrected chi connectivity index (χ1v) is 14.1. The second kappa shape index (κ2) is 9.00. The molecule has 0 unspecified atom stereocenters. The zero-order chi connectivity index (χ0) is 23.8. The maximum atomic E-state index is 13.5. The molecule has 1 aliphatic heterocycles. The smallest absolute Gasteiger partial charge is 0.235 e. The third-order valence-electron chi connectivity index (χ3n) is 6.67. The highest BCUT2D eigenvalue weighted by Crippen LogP contribution is 2.43. The third-order valence-corrected chi connectivity index (χ3v) is 11.5. The number of amides is 1. The second-order valence-electron chi connectivity index (χ2n) is 9.81. The van der Waals surface area contributed by atoms with Gasteiger partial charge in [0, 0.05) is 11.3 Å². The fraction of sp³-hybridized carbons (Fsp3) is 0.440. The number of hydrogen-bond donors (Lipinski definition) is 0. The summed E-state index contributed by atoms with van der Waals surface area (Å²) in [6, 6.07) is 13.5. The van der Waals surface area contributed by atoms with Crippen LogP contribution in [0.1, 0.15) is 38.1 Å². The van der Waals surface area contributed by atoms with Crippen molar-refractivity contribution in [3.05, 3.63) is 59.1 Å². The van der Waals surface area contributed by atoms with Crippen LogP contribution >= 0.6 is 11.6 Å². The van der Waals surface area contributed by atoms with E-state index in [1.807, 2.05) is 25.1 Å². The lowest BCUT2D eigenvalue weighted by atomic mass is 9.78. The van der Waals surface area contributed by atoms with Crippen molar-refractivity contribution in [1.82, 2.24) is 0 Å². The average Bonchev–Trinajstić information content (AvgIpc) is 2.71. The molecule has 3 atom stereocenters. The molecule has 1 saturated heterocycles. The Morgan fingerprint density at radius 2 is 1.75 bits per heavy atom. The van der Waals surface area contributed by atoms with Crippen LogP contribution in [0.4, 0.5) is 5.69 Å². The minimum absolute atomic E-state index is 0.00378. The Balaban J connectivity index is 1.98. The zero-order valence-corrected chi connectivity index (χ0v) is 21.6. The van der Waals surface area contributed by atoms with Crippen molar-refractivity contribution in [3.8, 4) is 5.75 Å². The largest absolute Gasteiger partial charge is 0.495 e. The molecule has 7 heteroatoms. The van der Waals surface area contributed by atoms with Crippen LogP contribution in [0.2, 0.25) is 23.2 Å². The van der Waals surface area contributed by atoms with Gasteiger partial charge in [0.05, 0.1) is 24.2 Å². The first-order chi connectivity index (χ1) is 14.9. The van der Waals surface area contributed by atoms with Gasteiger partial charge in [-0.3, -0.25) is 9.59 Å². The summed E-state index contributed by atoms with van der Waals surface area (Å²) >= 11 is 6.32. The molecule has 0 radical (unpaired) electrons. The number of hydrogen-bond acceptors (Lipinski definition) is 4. The molecule has 1 aliphatic rings. The summed E-state index contributed by atoms with van der Waals surface area (Å²) in [7, 11) is -0.594. The SMILES string of the molecule is COc1ccc(N2C(=O)[C@H]([C@@H](C)O[Si](C)(C)C(C)(C)C)[C@H]2C(=O)c2ccccc2)cc1Cl. The quantitative estimate of drug-likeness (QED) is 0.282. The van der Waals surface area contributed by atoms with E-state index in [1.165, 1.54) is 12.0 Å². The molecule has 0 aliphatic carbocycles. The summed E-state index contributed by atoms with van der Waals surface area (Å²) < 4.78 is 11.8. The minimum atomic E-state index is -2.13. The van der Waals surface area contributed by atoms with E-state index < -0.39 is 20.3 Å². The fourth-order valence-electron chi connectivity index (χ4n) is 3.83. The molecule has 32 heavy (non-hydrogen) atoms. The van der Waals surface area contributed by atoms with Gasteiger partial charge >= 0.3 is 0 Å². The average molecular weight is 474 g/mol. The molecular weight excluding hydrogens is 442 g/mol. The molecule has 0 aromatic heterocycles. The van der Waals surface area contributed by atoms with E-state index >= 15 is 0 Å². The molecule has 2 aromatic carbocycles. The Bertz CT molecular complexity index is 1000. The van der Waals surface area contributed by atoms with Gasteiger partial charge in [-0.25, -0.2) is 0 Å². The van der Waals surface area contributed by atoms with E-state index in [0.717, 1.165) is 0 Å². The number of rotatable bonds is 7. The molecule has 1 fully saturated rings. The normalized spacial score (nSPS) is 20.0. The fourth-order valence-corrected chi connectivity index (χ4v) is 5.51. The number of benzene rings is 2. The van der Waals surface area contributed by atoms with Crippen molar-refractivity contribution in [1.29, 1.82) is 0 Å². The monoisotopic (exact) mass is 473 g/mol. The molecule has 172 valence electrons. The van der Waals surface area contributed by atoms with Crippen molar-refractivity contribution < 1.29 is 18.8 Å². The van der Waals surface area contributed by atoms with Crippen molar-refractivity contribution >= 4 is 37.3 Å². The van der Waals surface area contributed by atoms with Gasteiger partial charge in [-0.05, 0) is 43.3 Å². The Hall–Kier alpha value is -2.15. The van der Waals surface area contributed by atoms with Crippen LogP contribution in [0.25, 0.3) is 0 Å². The lowest BCUT2D eigenvalue weighted by Gasteiger charge is -2.50. The number of carbonyl (C=O) groups is 2. The number of β-lactam (4-membered cyclic amide) rings is 1. The Kier molecular flexibility index (Phi) is 6.89. The summed E-state index contributed by atoms with van der Waals surface area (Å²) in [5.74, 6) is -0.280. The van der Waals surface area contributed by atoms with Crippen LogP contribution in [-0.2, 0) is 9.22 Å². The predicted octanol–water partition coefficient (Wildman–Crippen LogP) is 5.97. The van der Waals surface area contributed by atoms with Crippen LogP contribution in [0, 0.1) is 5.92 Å². The van der Waals surface area contributed by atoms with E-state index in [4.69, 9.17) is 20.8 Å². The van der Waals surface area contributed by atoms with E-state index in [1.54, 1.807) is 30.3 Å². The number of Topliss-reactive ketones (excluding diaryl/α,β-unsaturated/α-hetero) is 1. The highest BCUT2D eigenvalue weighted by atomic mass is 35.5. The number of ether oxygens (including phenoxy) is 1. The van der Waals surface area contributed by atoms with Gasteiger partial charge < -0.3 is 14.1 Å². The van der Waals surface area contributed by atoms with Crippen LogP contribution in [0.5, 0.6) is 5.75 Å². The van der Waals surface area contributed by atoms with Crippen molar-refractivity contribution in [2.45, 2.75) is 58.0 Å². The van der Waals surface area contributed by atoms with Gasteiger partial charge in [-0.2, -0.15) is 0 Å². The maximum Gasteiger partial charge on any atom is 0.235 e. The molecule has 5 nitrogen and oxygen atoms in total. The molecule has 0 spiro atoms. The van der Waals surface area contributed by atoms with E-state index in [9.17, 15) is 9.59 Å². The molecule has 0 N–H and O–H groups in total. The van der Waals surface area contributed by atoms with Crippen molar-refractivity contribution in [2.75, 3.05) is 12.0 Å². The maximum absolute atomic E-state index is 13.5. The van der Waals surface area contributed by atoms with Crippen molar-refractivity contribution in [3.63, 3.8) is 0 Å². The van der Waals surface area contributed by atoms with Crippen LogP contribution in [-0.4, -0.2) is 39.3 Å². The van der Waals surface area contributed by atoms with Gasteiger partial charge in [0.15, 0.2) is 14.1 Å². The third kappa shape index (κ3) is 4.49. The second-order valence-corrected chi connectivity index (χ2v) is 15.0. The highest BCUT2D eigenvalue weighted by Gasteiger charge is 2.56. The topological polar surface area (TPSA) is 55.8 Å². The summed E-state index contributed by atoms with van der Waals surface area (Å²) in [4.78, 5) is 28.5. The molecule has 2 aromatic rings. The Morgan fingerprint density at radius 1 is 1.12 bits per heavy atom. The number of ketones is 1. The van der Waals surface area contributed by atoms with Gasteiger partial charge in [-0.15, -0.1) is 0 Å². The molecule has 0 bridgehead atoms. The number of methoxy groups -OCH3 is 1. The number of nitrogens with zero attached hydrogens (tertiary/aromatic N) is 1. The number of carbonyl (C=O) groups excluding carboxylic acids is 2. The lowest BCUT2D eigenvalue weighted by Crippen LogP contribution is -2.69. The lowest BCUT2D eigenvalue weighted by molar-refractivity contribution is -0.133. The zero-order valence-electron chi connectivity index (χ0n) is 19.8. The Morgan fingerprint density at radius 3 is 2.28 bits per heavy atom. The van der Waals surface area contributed by atoms with Gasteiger partial charge in [-0.1, -0.05) is 62.7 Å². The summed E-state index contributed by atoms with van der Waals surface area (Å²) in [6.07, 6.45) is -0.383. The van der Waals surface area contributed by atoms with Gasteiger partial charge in [0.25, 0.3) is 0 Å². The molecule has 1 amide bonds. The van der Waals surface area contributed by atoms with Gasteiger partial charge in [0.2, 0.25) is 5.91 Å². The van der Waals surface area contributed by atoms with Crippen LogP contribution in [0.3, 0.4) is 0 Å². The first-order valence-electron chi connectivity index (χ1n) is 10.8. The van der Waals surface area contributed by atoms with Crippen molar-refractivity contribution in [2.24, 2.45) is 5.92 Å². The van der Waals surface area contributed by atoms with Crippen LogP contribution in [0.15, 0.2) is 48.5 Å².